The molecule has 0 aliphatic heterocycles. The largest absolute Gasteiger partial charge is 0.384 e. The van der Waals surface area contributed by atoms with Gasteiger partial charge in [0.2, 0.25) is 0 Å². The summed E-state index contributed by atoms with van der Waals surface area (Å²) in [6.45, 7) is 12.4. The second kappa shape index (κ2) is 17.5. The normalized spacial score (nSPS) is 15.8. The first kappa shape index (κ1) is 28.8. The number of hydrogen-bond donors (Lipinski definition) is 0. The lowest BCUT2D eigenvalue weighted by Crippen LogP contribution is -2.37. The molecule has 0 atom stereocenters. The van der Waals surface area contributed by atoms with Crippen molar-refractivity contribution < 1.29 is 18.9 Å². The maximum atomic E-state index is 5.37. The summed E-state index contributed by atoms with van der Waals surface area (Å²) in [6.07, 6.45) is 10.9. The van der Waals surface area contributed by atoms with Crippen LogP contribution in [0.5, 0.6) is 0 Å². The Morgan fingerprint density at radius 2 is 1.28 bits per heavy atom. The van der Waals surface area contributed by atoms with E-state index in [2.05, 4.69) is 27.7 Å². The van der Waals surface area contributed by atoms with Crippen LogP contribution >= 0.6 is 0 Å². The first-order valence-corrected chi connectivity index (χ1v) is 11.8. The Kier molecular flexibility index (Phi) is 17.4. The summed E-state index contributed by atoms with van der Waals surface area (Å²) >= 11 is 0. The van der Waals surface area contributed by atoms with Gasteiger partial charge < -0.3 is 18.9 Å². The summed E-state index contributed by atoms with van der Waals surface area (Å²) in [5.41, 5.74) is 0.188. The molecule has 0 amide bonds. The predicted octanol–water partition coefficient (Wildman–Crippen LogP) is 6.22. The summed E-state index contributed by atoms with van der Waals surface area (Å²) in [6, 6.07) is 0. The van der Waals surface area contributed by atoms with Crippen molar-refractivity contribution in [2.24, 2.45) is 29.1 Å². The molecule has 1 rings (SSSR count). The Morgan fingerprint density at radius 3 is 1.66 bits per heavy atom. The highest BCUT2D eigenvalue weighted by Crippen LogP contribution is 2.35. The molecule has 0 aromatic carbocycles. The van der Waals surface area contributed by atoms with Gasteiger partial charge in [0, 0.05) is 39.8 Å². The van der Waals surface area contributed by atoms with E-state index < -0.39 is 0 Å². The molecule has 0 unspecified atom stereocenters. The van der Waals surface area contributed by atoms with Crippen LogP contribution in [0.3, 0.4) is 0 Å². The van der Waals surface area contributed by atoms with E-state index in [1.165, 1.54) is 51.4 Å². The molecule has 4 nitrogen and oxygen atoms in total. The lowest BCUT2D eigenvalue weighted by Gasteiger charge is -2.37. The lowest BCUT2D eigenvalue weighted by atomic mass is 9.74. The van der Waals surface area contributed by atoms with E-state index in [0.717, 1.165) is 38.3 Å². The van der Waals surface area contributed by atoms with Crippen molar-refractivity contribution in [2.45, 2.75) is 79.1 Å². The molecule has 29 heavy (non-hydrogen) atoms. The third kappa shape index (κ3) is 13.0. The number of hydrogen-bond acceptors (Lipinski definition) is 4. The monoisotopic (exact) mass is 416 g/mol. The average molecular weight is 417 g/mol. The molecule has 176 valence electrons. The van der Waals surface area contributed by atoms with E-state index in [-0.39, 0.29) is 5.41 Å². The molecule has 0 aromatic rings. The summed E-state index contributed by atoms with van der Waals surface area (Å²) < 4.78 is 21.2. The standard InChI is InChI=1S/C13H28O2.C12H24O2/c1-11(2)7-8-13(9-14-5,10-15-6)12(3)4;1-13-9-12(10-14-2)8-11-6-4-3-5-7-11/h11-12H,7-10H2,1-6H3;11-12H,3-10H2,1-2H3. The lowest BCUT2D eigenvalue weighted by molar-refractivity contribution is -0.0290. The molecule has 0 bridgehead atoms. The van der Waals surface area contributed by atoms with Gasteiger partial charge in [-0.05, 0) is 30.6 Å². The molecular weight excluding hydrogens is 364 g/mol. The highest BCUT2D eigenvalue weighted by molar-refractivity contribution is 4.82. The van der Waals surface area contributed by atoms with Gasteiger partial charge in [-0.3, -0.25) is 0 Å². The van der Waals surface area contributed by atoms with Crippen molar-refractivity contribution in [3.8, 4) is 0 Å². The molecule has 0 spiro atoms. The molecule has 0 saturated heterocycles. The molecule has 0 radical (unpaired) electrons. The van der Waals surface area contributed by atoms with Crippen molar-refractivity contribution in [3.05, 3.63) is 0 Å². The fourth-order valence-electron chi connectivity index (χ4n) is 4.51. The molecule has 0 heterocycles. The number of ether oxygens (including phenoxy) is 4. The minimum atomic E-state index is 0.188. The maximum Gasteiger partial charge on any atom is 0.0543 e. The summed E-state index contributed by atoms with van der Waals surface area (Å²) in [4.78, 5) is 0. The fraction of sp³-hybridized carbons (Fsp3) is 1.00. The topological polar surface area (TPSA) is 36.9 Å². The van der Waals surface area contributed by atoms with Crippen LogP contribution in [0, 0.1) is 29.1 Å². The highest BCUT2D eigenvalue weighted by Gasteiger charge is 2.33. The average Bonchev–Trinajstić information content (AvgIpc) is 2.68. The van der Waals surface area contributed by atoms with Gasteiger partial charge in [-0.25, -0.2) is 0 Å². The van der Waals surface area contributed by atoms with E-state index in [1.807, 2.05) is 0 Å². The van der Waals surface area contributed by atoms with Crippen LogP contribution < -0.4 is 0 Å². The molecule has 1 aliphatic carbocycles. The number of rotatable bonds is 14. The Bertz CT molecular complexity index is 339. The van der Waals surface area contributed by atoms with Crippen molar-refractivity contribution in [1.29, 1.82) is 0 Å². The first-order valence-electron chi connectivity index (χ1n) is 11.8. The van der Waals surface area contributed by atoms with Gasteiger partial charge in [-0.2, -0.15) is 0 Å². The molecular formula is C25H52O4. The van der Waals surface area contributed by atoms with Crippen LogP contribution in [0.15, 0.2) is 0 Å². The molecule has 0 aromatic heterocycles. The zero-order chi connectivity index (χ0) is 22.1. The zero-order valence-corrected chi connectivity index (χ0v) is 20.9. The molecule has 4 heteroatoms. The van der Waals surface area contributed by atoms with Crippen LogP contribution in [0.4, 0.5) is 0 Å². The van der Waals surface area contributed by atoms with E-state index in [4.69, 9.17) is 18.9 Å². The fourth-order valence-corrected chi connectivity index (χ4v) is 4.51. The van der Waals surface area contributed by atoms with Gasteiger partial charge >= 0.3 is 0 Å². The Labute approximate surface area is 182 Å². The Balaban J connectivity index is 0.000000541. The van der Waals surface area contributed by atoms with Crippen LogP contribution in [-0.2, 0) is 18.9 Å². The van der Waals surface area contributed by atoms with E-state index in [0.29, 0.717) is 11.8 Å². The summed E-state index contributed by atoms with van der Waals surface area (Å²) in [5, 5.41) is 0. The predicted molar refractivity (Wildman–Crippen MR) is 124 cm³/mol. The SMILES string of the molecule is COCC(CCC(C)C)(COC)C(C)C.COCC(COC)CC1CCCCC1. The van der Waals surface area contributed by atoms with Crippen molar-refractivity contribution >= 4 is 0 Å². The van der Waals surface area contributed by atoms with Crippen molar-refractivity contribution in [1.82, 2.24) is 0 Å². The van der Waals surface area contributed by atoms with Gasteiger partial charge in [0.15, 0.2) is 0 Å². The highest BCUT2D eigenvalue weighted by atomic mass is 16.5. The molecule has 1 aliphatic rings. The quantitative estimate of drug-likeness (QED) is 0.337. The minimum Gasteiger partial charge on any atom is -0.384 e. The third-order valence-corrected chi connectivity index (χ3v) is 6.50. The van der Waals surface area contributed by atoms with Gasteiger partial charge in [0.1, 0.15) is 0 Å². The van der Waals surface area contributed by atoms with E-state index >= 15 is 0 Å². The second-order valence-electron chi connectivity index (χ2n) is 9.83. The smallest absolute Gasteiger partial charge is 0.0543 e. The Morgan fingerprint density at radius 1 is 0.759 bits per heavy atom. The maximum absolute atomic E-state index is 5.37. The minimum absolute atomic E-state index is 0.188. The second-order valence-corrected chi connectivity index (χ2v) is 9.83. The van der Waals surface area contributed by atoms with Gasteiger partial charge in [0.05, 0.1) is 26.4 Å². The van der Waals surface area contributed by atoms with Crippen LogP contribution in [0.25, 0.3) is 0 Å². The van der Waals surface area contributed by atoms with Gasteiger partial charge in [0.25, 0.3) is 0 Å². The van der Waals surface area contributed by atoms with Crippen LogP contribution in [-0.4, -0.2) is 54.9 Å². The van der Waals surface area contributed by atoms with Gasteiger partial charge in [-0.15, -0.1) is 0 Å². The van der Waals surface area contributed by atoms with Crippen LogP contribution in [0.2, 0.25) is 0 Å². The summed E-state index contributed by atoms with van der Waals surface area (Å²) in [5.74, 6) is 2.88. The van der Waals surface area contributed by atoms with E-state index in [1.54, 1.807) is 28.4 Å². The molecule has 1 saturated carbocycles. The zero-order valence-electron chi connectivity index (χ0n) is 20.9. The Hall–Kier alpha value is -0.160. The van der Waals surface area contributed by atoms with Crippen molar-refractivity contribution in [3.63, 3.8) is 0 Å². The number of methoxy groups -OCH3 is 4. The van der Waals surface area contributed by atoms with Crippen LogP contribution in [0.1, 0.15) is 79.1 Å². The van der Waals surface area contributed by atoms with E-state index in [9.17, 15) is 0 Å². The molecule has 0 N–H and O–H groups in total. The van der Waals surface area contributed by atoms with Gasteiger partial charge in [-0.1, -0.05) is 66.2 Å². The third-order valence-electron chi connectivity index (χ3n) is 6.50. The first-order chi connectivity index (χ1) is 13.8. The summed E-state index contributed by atoms with van der Waals surface area (Å²) in [7, 11) is 7.12. The van der Waals surface area contributed by atoms with Crippen molar-refractivity contribution in [2.75, 3.05) is 54.9 Å². The molecule has 1 fully saturated rings.